The summed E-state index contributed by atoms with van der Waals surface area (Å²) in [6.45, 7) is 8.99. The highest BCUT2D eigenvalue weighted by molar-refractivity contribution is 5.33. The zero-order chi connectivity index (χ0) is 15.1. The smallest absolute Gasteiger partial charge is 0.120 e. The number of nitrogens with one attached hydrogen (secondary N) is 1. The van der Waals surface area contributed by atoms with Crippen molar-refractivity contribution in [2.75, 3.05) is 6.54 Å². The normalized spacial score (nSPS) is 10.6. The molecule has 0 radical (unpaired) electrons. The molecule has 0 unspecified atom stereocenters. The monoisotopic (exact) mass is 283 g/mol. The van der Waals surface area contributed by atoms with Crippen LogP contribution in [-0.2, 0) is 13.2 Å². The lowest BCUT2D eigenvalue weighted by Gasteiger charge is -2.09. The molecule has 0 saturated heterocycles. The van der Waals surface area contributed by atoms with Crippen LogP contribution in [0.3, 0.4) is 0 Å². The summed E-state index contributed by atoms with van der Waals surface area (Å²) >= 11 is 0. The average Bonchev–Trinajstić information content (AvgIpc) is 2.46. The van der Waals surface area contributed by atoms with Crippen molar-refractivity contribution >= 4 is 0 Å². The van der Waals surface area contributed by atoms with Gasteiger partial charge in [-0.3, -0.25) is 0 Å². The van der Waals surface area contributed by atoms with E-state index in [2.05, 4.69) is 68.6 Å². The molecule has 2 rings (SSSR count). The second-order valence-electron chi connectivity index (χ2n) is 5.61. The van der Waals surface area contributed by atoms with E-state index >= 15 is 0 Å². The average molecular weight is 283 g/mol. The Morgan fingerprint density at radius 3 is 2.14 bits per heavy atom. The SMILES string of the molecule is CCCNCc1ccc(COc2cc(C)cc(C)c2)cc1. The van der Waals surface area contributed by atoms with Crippen molar-refractivity contribution in [1.82, 2.24) is 5.32 Å². The summed E-state index contributed by atoms with van der Waals surface area (Å²) in [5.41, 5.74) is 5.00. The molecule has 0 amide bonds. The number of aryl methyl sites for hydroxylation is 2. The maximum Gasteiger partial charge on any atom is 0.120 e. The standard InChI is InChI=1S/C19H25NO/c1-4-9-20-13-17-5-7-18(8-6-17)14-21-19-11-15(2)10-16(3)12-19/h5-8,10-12,20H,4,9,13-14H2,1-3H3. The number of benzene rings is 2. The summed E-state index contributed by atoms with van der Waals surface area (Å²) in [4.78, 5) is 0. The van der Waals surface area contributed by atoms with E-state index in [-0.39, 0.29) is 0 Å². The van der Waals surface area contributed by atoms with Gasteiger partial charge in [0.1, 0.15) is 12.4 Å². The minimum atomic E-state index is 0.617. The summed E-state index contributed by atoms with van der Waals surface area (Å²) in [5, 5.41) is 3.41. The van der Waals surface area contributed by atoms with Crippen molar-refractivity contribution in [3.63, 3.8) is 0 Å². The molecule has 0 spiro atoms. The zero-order valence-electron chi connectivity index (χ0n) is 13.3. The Morgan fingerprint density at radius 2 is 1.52 bits per heavy atom. The molecule has 0 bridgehead atoms. The molecular formula is C19H25NO. The van der Waals surface area contributed by atoms with Gasteiger partial charge in [0, 0.05) is 6.54 Å². The van der Waals surface area contributed by atoms with E-state index in [1.807, 2.05) is 0 Å². The molecule has 21 heavy (non-hydrogen) atoms. The van der Waals surface area contributed by atoms with Gasteiger partial charge in [0.05, 0.1) is 0 Å². The third-order valence-corrected chi connectivity index (χ3v) is 3.38. The minimum absolute atomic E-state index is 0.617. The molecule has 2 aromatic rings. The Balaban J connectivity index is 1.88. The molecule has 0 aliphatic carbocycles. The Labute approximate surface area is 128 Å². The van der Waals surface area contributed by atoms with Crippen LogP contribution in [0.4, 0.5) is 0 Å². The van der Waals surface area contributed by atoms with Crippen LogP contribution in [0, 0.1) is 13.8 Å². The first-order valence-corrected chi connectivity index (χ1v) is 7.67. The van der Waals surface area contributed by atoms with Crippen molar-refractivity contribution in [2.45, 2.75) is 40.3 Å². The van der Waals surface area contributed by atoms with Gasteiger partial charge in [-0.1, -0.05) is 37.3 Å². The van der Waals surface area contributed by atoms with Crippen LogP contribution in [0.1, 0.15) is 35.6 Å². The first-order valence-electron chi connectivity index (χ1n) is 7.67. The van der Waals surface area contributed by atoms with Gasteiger partial charge in [-0.25, -0.2) is 0 Å². The molecular weight excluding hydrogens is 258 g/mol. The van der Waals surface area contributed by atoms with E-state index in [0.717, 1.165) is 18.8 Å². The van der Waals surface area contributed by atoms with Gasteiger partial charge in [0.2, 0.25) is 0 Å². The Morgan fingerprint density at radius 1 is 0.905 bits per heavy atom. The summed E-state index contributed by atoms with van der Waals surface area (Å²) in [6.07, 6.45) is 1.17. The topological polar surface area (TPSA) is 21.3 Å². The fourth-order valence-corrected chi connectivity index (χ4v) is 2.35. The van der Waals surface area contributed by atoms with Crippen LogP contribution >= 0.6 is 0 Å². The molecule has 0 aliphatic rings. The van der Waals surface area contributed by atoms with E-state index in [1.165, 1.54) is 28.7 Å². The van der Waals surface area contributed by atoms with E-state index in [9.17, 15) is 0 Å². The van der Waals surface area contributed by atoms with E-state index in [4.69, 9.17) is 4.74 Å². The van der Waals surface area contributed by atoms with E-state index in [0.29, 0.717) is 6.61 Å². The van der Waals surface area contributed by atoms with Crippen LogP contribution in [0.15, 0.2) is 42.5 Å². The molecule has 0 aliphatic heterocycles. The summed E-state index contributed by atoms with van der Waals surface area (Å²) in [6, 6.07) is 14.9. The summed E-state index contributed by atoms with van der Waals surface area (Å²) in [7, 11) is 0. The third kappa shape index (κ3) is 5.24. The van der Waals surface area contributed by atoms with Gasteiger partial charge in [-0.2, -0.15) is 0 Å². The number of hydrogen-bond donors (Lipinski definition) is 1. The fraction of sp³-hybridized carbons (Fsp3) is 0.368. The predicted octanol–water partition coefficient (Wildman–Crippen LogP) is 4.38. The predicted molar refractivity (Wildman–Crippen MR) is 88.7 cm³/mol. The Hall–Kier alpha value is -1.80. The summed E-state index contributed by atoms with van der Waals surface area (Å²) in [5.74, 6) is 0.946. The van der Waals surface area contributed by atoms with Gasteiger partial charge in [-0.05, 0) is 61.2 Å². The summed E-state index contributed by atoms with van der Waals surface area (Å²) < 4.78 is 5.88. The fourth-order valence-electron chi connectivity index (χ4n) is 2.35. The molecule has 0 aromatic heterocycles. The van der Waals surface area contributed by atoms with Crippen LogP contribution in [-0.4, -0.2) is 6.54 Å². The van der Waals surface area contributed by atoms with Crippen LogP contribution in [0.5, 0.6) is 5.75 Å². The van der Waals surface area contributed by atoms with Crippen LogP contribution in [0.2, 0.25) is 0 Å². The number of rotatable bonds is 7. The largest absolute Gasteiger partial charge is 0.489 e. The van der Waals surface area contributed by atoms with Crippen molar-refractivity contribution in [1.29, 1.82) is 0 Å². The van der Waals surface area contributed by atoms with Crippen molar-refractivity contribution in [3.8, 4) is 5.75 Å². The van der Waals surface area contributed by atoms with Gasteiger partial charge < -0.3 is 10.1 Å². The first kappa shape index (κ1) is 15.6. The lowest BCUT2D eigenvalue weighted by molar-refractivity contribution is 0.306. The van der Waals surface area contributed by atoms with E-state index < -0.39 is 0 Å². The highest BCUT2D eigenvalue weighted by atomic mass is 16.5. The maximum absolute atomic E-state index is 5.88. The quantitative estimate of drug-likeness (QED) is 0.761. The highest BCUT2D eigenvalue weighted by Gasteiger charge is 1.99. The molecule has 112 valence electrons. The number of hydrogen-bond acceptors (Lipinski definition) is 2. The maximum atomic E-state index is 5.88. The lowest BCUT2D eigenvalue weighted by Crippen LogP contribution is -2.13. The minimum Gasteiger partial charge on any atom is -0.489 e. The Bertz CT molecular complexity index is 540. The van der Waals surface area contributed by atoms with Gasteiger partial charge >= 0.3 is 0 Å². The molecule has 2 nitrogen and oxygen atoms in total. The van der Waals surface area contributed by atoms with Crippen molar-refractivity contribution in [3.05, 3.63) is 64.7 Å². The van der Waals surface area contributed by atoms with Crippen molar-refractivity contribution in [2.24, 2.45) is 0 Å². The van der Waals surface area contributed by atoms with Gasteiger partial charge in [-0.15, -0.1) is 0 Å². The van der Waals surface area contributed by atoms with Crippen molar-refractivity contribution < 1.29 is 4.74 Å². The second-order valence-corrected chi connectivity index (χ2v) is 5.61. The number of ether oxygens (including phenoxy) is 1. The molecule has 0 heterocycles. The third-order valence-electron chi connectivity index (χ3n) is 3.38. The van der Waals surface area contributed by atoms with Gasteiger partial charge in [0.15, 0.2) is 0 Å². The molecule has 0 fully saturated rings. The zero-order valence-corrected chi connectivity index (χ0v) is 13.3. The molecule has 2 heteroatoms. The van der Waals surface area contributed by atoms with Crippen LogP contribution < -0.4 is 10.1 Å². The first-order chi connectivity index (χ1) is 10.2. The van der Waals surface area contributed by atoms with Crippen LogP contribution in [0.25, 0.3) is 0 Å². The Kier molecular flexibility index (Phi) is 5.82. The molecule has 0 saturated carbocycles. The molecule has 0 atom stereocenters. The van der Waals surface area contributed by atoms with E-state index in [1.54, 1.807) is 0 Å². The molecule has 2 aromatic carbocycles. The second kappa shape index (κ2) is 7.84. The van der Waals surface area contributed by atoms with Gasteiger partial charge in [0.25, 0.3) is 0 Å². The molecule has 1 N–H and O–H groups in total. The lowest BCUT2D eigenvalue weighted by atomic mass is 10.1. The highest BCUT2D eigenvalue weighted by Crippen LogP contribution is 2.17.